The standard InChI is InChI=1S/C27H33N3O2S/c1-18-6-4-7-21(13-18)14-25-27(32)29-23-15-22(8-9-24(23)33-25)26(31)28-10-5-11-30-16-19(2)12-20(3)17-30/h4,6-9,13-15,19-20H,5,10-12,16-17H2,1-3H3,(H,28,31)(H,29,32)/b25-14+/t19-,20-/m1/s1. The van der Waals surface area contributed by atoms with Gasteiger partial charge in [0, 0.05) is 30.1 Å². The maximum atomic E-state index is 12.6. The lowest BCUT2D eigenvalue weighted by Crippen LogP contribution is -2.40. The first-order valence-corrected chi connectivity index (χ1v) is 12.6. The topological polar surface area (TPSA) is 61.4 Å². The van der Waals surface area contributed by atoms with Gasteiger partial charge in [0.25, 0.3) is 11.8 Å². The van der Waals surface area contributed by atoms with E-state index in [-0.39, 0.29) is 11.8 Å². The Kier molecular flexibility index (Phi) is 7.56. The number of nitrogens with one attached hydrogen (secondary N) is 2. The second-order valence-electron chi connectivity index (χ2n) is 9.50. The number of piperidine rings is 1. The van der Waals surface area contributed by atoms with E-state index in [1.807, 2.05) is 43.3 Å². The van der Waals surface area contributed by atoms with Gasteiger partial charge in [-0.05, 0) is 68.0 Å². The predicted octanol–water partition coefficient (Wildman–Crippen LogP) is 5.18. The lowest BCUT2D eigenvalue weighted by Gasteiger charge is -2.34. The summed E-state index contributed by atoms with van der Waals surface area (Å²) in [5.41, 5.74) is 3.42. The van der Waals surface area contributed by atoms with Crippen LogP contribution in [0.1, 0.15) is 48.2 Å². The number of amides is 2. The normalized spacial score (nSPS) is 22.0. The highest BCUT2D eigenvalue weighted by atomic mass is 32.2. The van der Waals surface area contributed by atoms with Crippen LogP contribution >= 0.6 is 11.8 Å². The van der Waals surface area contributed by atoms with Gasteiger partial charge < -0.3 is 15.5 Å². The summed E-state index contributed by atoms with van der Waals surface area (Å²) in [6, 6.07) is 13.6. The maximum absolute atomic E-state index is 12.6. The zero-order chi connectivity index (χ0) is 23.4. The predicted molar refractivity (Wildman–Crippen MR) is 136 cm³/mol. The van der Waals surface area contributed by atoms with Crippen molar-refractivity contribution in [3.05, 3.63) is 64.1 Å². The summed E-state index contributed by atoms with van der Waals surface area (Å²) in [7, 11) is 0. The number of carbonyl (C=O) groups excluding carboxylic acids is 2. The van der Waals surface area contributed by atoms with Gasteiger partial charge in [-0.1, -0.05) is 55.4 Å². The Morgan fingerprint density at radius 3 is 2.73 bits per heavy atom. The van der Waals surface area contributed by atoms with Crippen LogP contribution in [-0.2, 0) is 4.79 Å². The number of anilines is 1. The van der Waals surface area contributed by atoms with Crippen molar-refractivity contribution in [2.45, 2.75) is 38.5 Å². The number of fused-ring (bicyclic) bond motifs is 1. The summed E-state index contributed by atoms with van der Waals surface area (Å²) in [5, 5.41) is 5.97. The Morgan fingerprint density at radius 2 is 1.97 bits per heavy atom. The number of hydrogen-bond donors (Lipinski definition) is 2. The van der Waals surface area contributed by atoms with Gasteiger partial charge >= 0.3 is 0 Å². The van der Waals surface area contributed by atoms with Crippen molar-refractivity contribution >= 4 is 35.3 Å². The summed E-state index contributed by atoms with van der Waals surface area (Å²) < 4.78 is 0. The number of benzene rings is 2. The van der Waals surface area contributed by atoms with E-state index >= 15 is 0 Å². The van der Waals surface area contributed by atoms with E-state index in [9.17, 15) is 9.59 Å². The lowest BCUT2D eigenvalue weighted by molar-refractivity contribution is -0.112. The summed E-state index contributed by atoms with van der Waals surface area (Å²) in [4.78, 5) is 29.4. The fourth-order valence-electron chi connectivity index (χ4n) is 4.79. The Morgan fingerprint density at radius 1 is 1.18 bits per heavy atom. The summed E-state index contributed by atoms with van der Waals surface area (Å²) in [5.74, 6) is 1.26. The number of thioether (sulfide) groups is 1. The third-order valence-corrected chi connectivity index (χ3v) is 7.25. The van der Waals surface area contributed by atoms with E-state index in [1.165, 1.54) is 18.2 Å². The summed E-state index contributed by atoms with van der Waals surface area (Å²) in [6.45, 7) is 10.6. The second kappa shape index (κ2) is 10.6. The first-order chi connectivity index (χ1) is 15.9. The number of aryl methyl sites for hydroxylation is 1. The van der Waals surface area contributed by atoms with Gasteiger partial charge in [0.1, 0.15) is 0 Å². The summed E-state index contributed by atoms with van der Waals surface area (Å²) in [6.07, 6.45) is 4.15. The van der Waals surface area contributed by atoms with Crippen LogP contribution in [0.4, 0.5) is 5.69 Å². The molecule has 6 heteroatoms. The van der Waals surface area contributed by atoms with Gasteiger partial charge in [-0.3, -0.25) is 9.59 Å². The fraction of sp³-hybridized carbons (Fsp3) is 0.407. The molecule has 174 valence electrons. The van der Waals surface area contributed by atoms with E-state index in [4.69, 9.17) is 0 Å². The van der Waals surface area contributed by atoms with Gasteiger partial charge in [-0.2, -0.15) is 0 Å². The van der Waals surface area contributed by atoms with E-state index in [0.717, 1.165) is 53.9 Å². The minimum Gasteiger partial charge on any atom is -0.352 e. The highest BCUT2D eigenvalue weighted by Crippen LogP contribution is 2.39. The third kappa shape index (κ3) is 6.27. The maximum Gasteiger partial charge on any atom is 0.262 e. The van der Waals surface area contributed by atoms with E-state index < -0.39 is 0 Å². The smallest absolute Gasteiger partial charge is 0.262 e. The minimum absolute atomic E-state index is 0.0986. The Bertz CT molecular complexity index is 1060. The molecule has 2 heterocycles. The van der Waals surface area contributed by atoms with E-state index in [2.05, 4.69) is 35.4 Å². The van der Waals surface area contributed by atoms with Crippen LogP contribution in [0.3, 0.4) is 0 Å². The fourth-order valence-corrected chi connectivity index (χ4v) is 5.73. The molecule has 1 fully saturated rings. The molecule has 4 rings (SSSR count). The van der Waals surface area contributed by atoms with Crippen LogP contribution in [-0.4, -0.2) is 42.9 Å². The molecule has 0 saturated carbocycles. The van der Waals surface area contributed by atoms with Crippen LogP contribution < -0.4 is 10.6 Å². The largest absolute Gasteiger partial charge is 0.352 e. The molecule has 5 nitrogen and oxygen atoms in total. The van der Waals surface area contributed by atoms with Gasteiger partial charge in [0.2, 0.25) is 0 Å². The first kappa shape index (κ1) is 23.6. The van der Waals surface area contributed by atoms with Crippen molar-refractivity contribution in [2.24, 2.45) is 11.8 Å². The third-order valence-electron chi connectivity index (χ3n) is 6.15. The van der Waals surface area contributed by atoms with E-state index in [1.54, 1.807) is 6.07 Å². The average Bonchev–Trinajstić information content (AvgIpc) is 2.76. The molecule has 2 aliphatic heterocycles. The zero-order valence-corrected chi connectivity index (χ0v) is 20.5. The van der Waals surface area contributed by atoms with Gasteiger partial charge in [0.15, 0.2) is 0 Å². The minimum atomic E-state index is -0.142. The molecule has 0 aromatic heterocycles. The highest BCUT2D eigenvalue weighted by Gasteiger charge is 2.23. The molecule has 2 N–H and O–H groups in total. The Balaban J connectivity index is 1.32. The second-order valence-corrected chi connectivity index (χ2v) is 10.6. The number of likely N-dealkylation sites (tertiary alicyclic amines) is 1. The molecule has 1 saturated heterocycles. The molecule has 0 spiro atoms. The molecule has 2 atom stereocenters. The SMILES string of the molecule is Cc1cccc(/C=C2/Sc3ccc(C(=O)NCCCN4C[C@H](C)C[C@@H](C)C4)cc3NC2=O)c1. The van der Waals surface area contributed by atoms with Crippen LogP contribution in [0.25, 0.3) is 6.08 Å². The highest BCUT2D eigenvalue weighted by molar-refractivity contribution is 8.04. The molecule has 0 bridgehead atoms. The van der Waals surface area contributed by atoms with Gasteiger partial charge in [0.05, 0.1) is 10.6 Å². The molecular weight excluding hydrogens is 430 g/mol. The van der Waals surface area contributed by atoms with Crippen LogP contribution in [0.2, 0.25) is 0 Å². The van der Waals surface area contributed by atoms with Crippen LogP contribution in [0.15, 0.2) is 52.3 Å². The van der Waals surface area contributed by atoms with Crippen molar-refractivity contribution in [1.82, 2.24) is 10.2 Å². The van der Waals surface area contributed by atoms with Gasteiger partial charge in [-0.15, -0.1) is 0 Å². The van der Waals surface area contributed by atoms with Crippen molar-refractivity contribution in [2.75, 3.05) is 31.5 Å². The molecule has 0 aliphatic carbocycles. The Labute approximate surface area is 201 Å². The van der Waals surface area contributed by atoms with Gasteiger partial charge in [-0.25, -0.2) is 0 Å². The molecule has 2 aromatic rings. The van der Waals surface area contributed by atoms with Crippen LogP contribution in [0.5, 0.6) is 0 Å². The molecule has 0 unspecified atom stereocenters. The van der Waals surface area contributed by atoms with Crippen molar-refractivity contribution in [3.63, 3.8) is 0 Å². The number of nitrogens with zero attached hydrogens (tertiary/aromatic N) is 1. The summed E-state index contributed by atoms with van der Waals surface area (Å²) >= 11 is 1.44. The van der Waals surface area contributed by atoms with Crippen molar-refractivity contribution in [1.29, 1.82) is 0 Å². The molecule has 33 heavy (non-hydrogen) atoms. The molecule has 2 aromatic carbocycles. The lowest BCUT2D eigenvalue weighted by atomic mass is 9.92. The number of hydrogen-bond acceptors (Lipinski definition) is 4. The number of carbonyl (C=O) groups is 2. The average molecular weight is 464 g/mol. The van der Waals surface area contributed by atoms with Crippen LogP contribution in [0, 0.1) is 18.8 Å². The monoisotopic (exact) mass is 463 g/mol. The van der Waals surface area contributed by atoms with Crippen molar-refractivity contribution < 1.29 is 9.59 Å². The van der Waals surface area contributed by atoms with E-state index in [0.29, 0.717) is 22.7 Å². The number of rotatable bonds is 6. The quantitative estimate of drug-likeness (QED) is 0.458. The zero-order valence-electron chi connectivity index (χ0n) is 19.7. The molecular formula is C27H33N3O2S. The Hall–Kier alpha value is -2.57. The molecule has 2 aliphatic rings. The van der Waals surface area contributed by atoms with Crippen molar-refractivity contribution in [3.8, 4) is 0 Å². The molecule has 0 radical (unpaired) electrons. The first-order valence-electron chi connectivity index (χ1n) is 11.8. The molecule has 2 amide bonds.